The van der Waals surface area contributed by atoms with Crippen LogP contribution in [0.3, 0.4) is 0 Å². The van der Waals surface area contributed by atoms with Gasteiger partial charge in [-0.05, 0) is 42.8 Å². The first-order valence-electron chi connectivity index (χ1n) is 6.80. The maximum absolute atomic E-state index is 5.96. The Morgan fingerprint density at radius 1 is 1.35 bits per heavy atom. The van der Waals surface area contributed by atoms with Crippen molar-refractivity contribution >= 4 is 28.8 Å². The molecular formula is C15H20ClN3S. The van der Waals surface area contributed by atoms with E-state index in [1.165, 1.54) is 10.4 Å². The maximum Gasteiger partial charge on any atom is 0.128 e. The minimum Gasteiger partial charge on any atom is -0.355 e. The van der Waals surface area contributed by atoms with Crippen LogP contribution in [0, 0.1) is 0 Å². The summed E-state index contributed by atoms with van der Waals surface area (Å²) in [6.07, 6.45) is 3.02. The highest BCUT2D eigenvalue weighted by Gasteiger charge is 2.06. The van der Waals surface area contributed by atoms with Crippen LogP contribution in [0.4, 0.5) is 5.82 Å². The fourth-order valence-corrected chi connectivity index (χ4v) is 3.08. The third-order valence-electron chi connectivity index (χ3n) is 2.98. The van der Waals surface area contributed by atoms with Crippen LogP contribution in [0.15, 0.2) is 30.5 Å². The average molecular weight is 310 g/mol. The second-order valence-electron chi connectivity index (χ2n) is 4.76. The van der Waals surface area contributed by atoms with Gasteiger partial charge in [-0.15, -0.1) is 11.3 Å². The van der Waals surface area contributed by atoms with Crippen molar-refractivity contribution in [2.45, 2.75) is 26.4 Å². The van der Waals surface area contributed by atoms with Crippen molar-refractivity contribution in [3.63, 3.8) is 0 Å². The van der Waals surface area contributed by atoms with E-state index in [1.807, 2.05) is 12.3 Å². The summed E-state index contributed by atoms with van der Waals surface area (Å²) >= 11 is 7.58. The number of nitrogens with one attached hydrogen (secondary N) is 1. The lowest BCUT2D eigenvalue weighted by molar-refractivity contribution is 0.674. The molecular weight excluding hydrogens is 290 g/mol. The number of hydrogen-bond acceptors (Lipinski definition) is 4. The smallest absolute Gasteiger partial charge is 0.128 e. The minimum atomic E-state index is 0.830. The van der Waals surface area contributed by atoms with Gasteiger partial charge < -0.3 is 10.2 Å². The molecule has 1 N–H and O–H groups in total. The molecule has 0 aliphatic rings. The molecule has 0 fully saturated rings. The molecule has 2 rings (SSSR count). The molecule has 108 valence electrons. The van der Waals surface area contributed by atoms with Gasteiger partial charge in [0.25, 0.3) is 0 Å². The van der Waals surface area contributed by atoms with E-state index < -0.39 is 0 Å². The lowest BCUT2D eigenvalue weighted by Gasteiger charge is -2.18. The van der Waals surface area contributed by atoms with Crippen molar-refractivity contribution in [1.82, 2.24) is 10.3 Å². The molecule has 3 nitrogen and oxygen atoms in total. The number of hydrogen-bond donors (Lipinski definition) is 1. The average Bonchev–Trinajstić information content (AvgIpc) is 2.85. The standard InChI is InChI=1S/C15H20ClN3S/c1-3-7-17-10-12-6-8-18-15(9-12)19(2)11-13-4-5-14(16)20-13/h4-6,8-9,17H,3,7,10-11H2,1-2H3. The fraction of sp³-hybridized carbons (Fsp3) is 0.400. The zero-order valence-electron chi connectivity index (χ0n) is 11.9. The molecule has 0 atom stereocenters. The van der Waals surface area contributed by atoms with E-state index in [-0.39, 0.29) is 0 Å². The Kier molecular flexibility index (Phi) is 5.83. The lowest BCUT2D eigenvalue weighted by Crippen LogP contribution is -2.18. The Balaban J connectivity index is 1.98. The summed E-state index contributed by atoms with van der Waals surface area (Å²) in [6.45, 7) is 4.93. The van der Waals surface area contributed by atoms with Crippen molar-refractivity contribution < 1.29 is 0 Å². The summed E-state index contributed by atoms with van der Waals surface area (Å²) < 4.78 is 0.832. The van der Waals surface area contributed by atoms with Gasteiger partial charge in [-0.3, -0.25) is 0 Å². The molecule has 2 aromatic heterocycles. The first-order chi connectivity index (χ1) is 9.69. The van der Waals surface area contributed by atoms with Crippen LogP contribution in [-0.4, -0.2) is 18.6 Å². The molecule has 20 heavy (non-hydrogen) atoms. The van der Waals surface area contributed by atoms with Crippen LogP contribution in [-0.2, 0) is 13.1 Å². The normalized spacial score (nSPS) is 10.8. The Morgan fingerprint density at radius 3 is 2.90 bits per heavy atom. The van der Waals surface area contributed by atoms with Crippen molar-refractivity contribution in [3.05, 3.63) is 45.2 Å². The van der Waals surface area contributed by atoms with Crippen LogP contribution >= 0.6 is 22.9 Å². The maximum atomic E-state index is 5.96. The molecule has 0 bridgehead atoms. The van der Waals surface area contributed by atoms with Gasteiger partial charge in [0.15, 0.2) is 0 Å². The molecule has 0 spiro atoms. The van der Waals surface area contributed by atoms with Gasteiger partial charge in [0.1, 0.15) is 5.82 Å². The van der Waals surface area contributed by atoms with E-state index in [2.05, 4.69) is 47.4 Å². The van der Waals surface area contributed by atoms with E-state index in [4.69, 9.17) is 11.6 Å². The SMILES string of the molecule is CCCNCc1ccnc(N(C)Cc2ccc(Cl)s2)c1. The van der Waals surface area contributed by atoms with Crippen LogP contribution in [0.25, 0.3) is 0 Å². The lowest BCUT2D eigenvalue weighted by atomic mass is 10.2. The topological polar surface area (TPSA) is 28.2 Å². The number of rotatable bonds is 7. The summed E-state index contributed by atoms with van der Waals surface area (Å²) in [5.41, 5.74) is 1.26. The van der Waals surface area contributed by atoms with E-state index in [9.17, 15) is 0 Å². The van der Waals surface area contributed by atoms with Crippen LogP contribution in [0.2, 0.25) is 4.34 Å². The van der Waals surface area contributed by atoms with Gasteiger partial charge in [-0.2, -0.15) is 0 Å². The molecule has 0 aliphatic carbocycles. The minimum absolute atomic E-state index is 0.830. The number of aromatic nitrogens is 1. The first-order valence-corrected chi connectivity index (χ1v) is 7.99. The fourth-order valence-electron chi connectivity index (χ4n) is 1.94. The Labute approximate surface area is 129 Å². The highest BCUT2D eigenvalue weighted by molar-refractivity contribution is 7.16. The second-order valence-corrected chi connectivity index (χ2v) is 6.56. The van der Waals surface area contributed by atoms with E-state index in [0.717, 1.165) is 36.2 Å². The number of halogens is 1. The predicted octanol–water partition coefficient (Wildman–Crippen LogP) is 3.93. The summed E-state index contributed by atoms with van der Waals surface area (Å²) in [6, 6.07) is 8.20. The second kappa shape index (κ2) is 7.62. The van der Waals surface area contributed by atoms with Crippen molar-refractivity contribution in [3.8, 4) is 0 Å². The Hall–Kier alpha value is -1.10. The summed E-state index contributed by atoms with van der Waals surface area (Å²) in [5, 5.41) is 3.41. The van der Waals surface area contributed by atoms with E-state index in [0.29, 0.717) is 0 Å². The largest absolute Gasteiger partial charge is 0.355 e. The molecule has 0 unspecified atom stereocenters. The highest BCUT2D eigenvalue weighted by atomic mass is 35.5. The molecule has 0 radical (unpaired) electrons. The van der Waals surface area contributed by atoms with Crippen LogP contribution < -0.4 is 10.2 Å². The van der Waals surface area contributed by atoms with Crippen molar-refractivity contribution in [2.24, 2.45) is 0 Å². The van der Waals surface area contributed by atoms with Gasteiger partial charge in [-0.1, -0.05) is 18.5 Å². The molecule has 0 aromatic carbocycles. The summed E-state index contributed by atoms with van der Waals surface area (Å²) in [7, 11) is 2.05. The highest BCUT2D eigenvalue weighted by Crippen LogP contribution is 2.23. The van der Waals surface area contributed by atoms with Gasteiger partial charge in [0.05, 0.1) is 10.9 Å². The molecule has 5 heteroatoms. The molecule has 2 aromatic rings. The number of pyridine rings is 1. The quantitative estimate of drug-likeness (QED) is 0.785. The number of nitrogens with zero attached hydrogens (tertiary/aromatic N) is 2. The number of anilines is 1. The Bertz CT molecular complexity index is 541. The first kappa shape index (κ1) is 15.3. The monoisotopic (exact) mass is 309 g/mol. The molecule has 0 saturated heterocycles. The summed E-state index contributed by atoms with van der Waals surface area (Å²) in [4.78, 5) is 7.83. The predicted molar refractivity (Wildman–Crippen MR) is 87.7 cm³/mol. The van der Waals surface area contributed by atoms with Gasteiger partial charge in [0.2, 0.25) is 0 Å². The molecule has 0 amide bonds. The molecule has 0 saturated carbocycles. The molecule has 2 heterocycles. The zero-order valence-corrected chi connectivity index (χ0v) is 13.5. The van der Waals surface area contributed by atoms with Crippen LogP contribution in [0.5, 0.6) is 0 Å². The van der Waals surface area contributed by atoms with Gasteiger partial charge >= 0.3 is 0 Å². The number of thiophene rings is 1. The third-order valence-corrected chi connectivity index (χ3v) is 4.19. The van der Waals surface area contributed by atoms with Gasteiger partial charge in [-0.25, -0.2) is 4.98 Å². The van der Waals surface area contributed by atoms with Crippen molar-refractivity contribution in [1.29, 1.82) is 0 Å². The molecule has 0 aliphatic heterocycles. The van der Waals surface area contributed by atoms with E-state index >= 15 is 0 Å². The van der Waals surface area contributed by atoms with Crippen LogP contribution in [0.1, 0.15) is 23.8 Å². The summed E-state index contributed by atoms with van der Waals surface area (Å²) in [5.74, 6) is 0.991. The van der Waals surface area contributed by atoms with E-state index in [1.54, 1.807) is 11.3 Å². The van der Waals surface area contributed by atoms with Gasteiger partial charge in [0, 0.05) is 24.7 Å². The zero-order chi connectivity index (χ0) is 14.4. The van der Waals surface area contributed by atoms with Crippen molar-refractivity contribution in [2.75, 3.05) is 18.5 Å². The third kappa shape index (κ3) is 4.47. The Morgan fingerprint density at radius 2 is 2.20 bits per heavy atom.